The van der Waals surface area contributed by atoms with Crippen LogP contribution in [0.3, 0.4) is 0 Å². The van der Waals surface area contributed by atoms with Crippen LogP contribution in [-0.4, -0.2) is 19.2 Å². The molecule has 0 spiro atoms. The summed E-state index contributed by atoms with van der Waals surface area (Å²) in [6, 6.07) is 1.42. The number of rotatable bonds is 4. The Hall–Kier alpha value is -2.13. The van der Waals surface area contributed by atoms with Gasteiger partial charge in [0.05, 0.1) is 0 Å². The maximum atomic E-state index is 11.9. The number of benzene rings is 1. The van der Waals surface area contributed by atoms with Gasteiger partial charge in [-0.05, 0) is 0 Å². The third-order valence-electron chi connectivity index (χ3n) is 1.48. The van der Waals surface area contributed by atoms with Gasteiger partial charge in [0.1, 0.15) is 17.2 Å². The molecule has 1 radical (unpaired) electrons. The number of ether oxygens (including phenoxy) is 3. The molecular weight excluding hydrogens is 286 g/mol. The molecule has 0 aliphatic rings. The number of hydrogen-bond donors (Lipinski definition) is 0. The van der Waals surface area contributed by atoms with Crippen LogP contribution < -0.4 is 14.2 Å². The minimum absolute atomic E-state index is 0.332. The first-order chi connectivity index (χ1) is 8.59. The van der Waals surface area contributed by atoms with Crippen molar-refractivity contribution in [3.05, 3.63) is 18.2 Å². The van der Waals surface area contributed by atoms with Crippen LogP contribution in [0.2, 0.25) is 0 Å². The Morgan fingerprint density at radius 2 is 1.16 bits per heavy atom. The summed E-state index contributed by atoms with van der Waals surface area (Å²) < 4.78 is 82.3. The van der Waals surface area contributed by atoms with Crippen molar-refractivity contribution >= 4 is 6.47 Å². The monoisotopic (exact) mass is 289 g/mol. The van der Waals surface area contributed by atoms with Gasteiger partial charge < -0.3 is 14.2 Å². The Kier molecular flexibility index (Phi) is 4.12. The molecular formula is C9H3F6O4. The van der Waals surface area contributed by atoms with Crippen LogP contribution in [0.25, 0.3) is 0 Å². The van der Waals surface area contributed by atoms with Crippen molar-refractivity contribution in [2.45, 2.75) is 12.7 Å². The van der Waals surface area contributed by atoms with Crippen LogP contribution in [0.1, 0.15) is 0 Å². The highest BCUT2D eigenvalue weighted by Gasteiger charge is 2.34. The van der Waals surface area contributed by atoms with Crippen molar-refractivity contribution in [2.75, 3.05) is 0 Å². The molecule has 10 heteroatoms. The highest BCUT2D eigenvalue weighted by atomic mass is 19.4. The first-order valence-electron chi connectivity index (χ1n) is 4.29. The fourth-order valence-electron chi connectivity index (χ4n) is 1.04. The van der Waals surface area contributed by atoms with E-state index in [1.807, 2.05) is 0 Å². The van der Waals surface area contributed by atoms with Gasteiger partial charge in [-0.15, -0.1) is 26.3 Å². The summed E-state index contributed by atoms with van der Waals surface area (Å²) in [6.45, 7) is 0.840. The van der Waals surface area contributed by atoms with E-state index in [4.69, 9.17) is 0 Å². The van der Waals surface area contributed by atoms with E-state index in [1.165, 1.54) is 0 Å². The van der Waals surface area contributed by atoms with E-state index in [1.54, 1.807) is 0 Å². The van der Waals surface area contributed by atoms with Crippen molar-refractivity contribution in [1.29, 1.82) is 0 Å². The Morgan fingerprint density at radius 3 is 1.47 bits per heavy atom. The molecule has 0 N–H and O–H groups in total. The van der Waals surface area contributed by atoms with Crippen LogP contribution in [0.5, 0.6) is 17.2 Å². The highest BCUT2D eigenvalue weighted by Crippen LogP contribution is 2.33. The summed E-state index contributed by atoms with van der Waals surface area (Å²) in [5, 5.41) is 0. The van der Waals surface area contributed by atoms with Gasteiger partial charge in [0.2, 0.25) is 0 Å². The smallest absolute Gasteiger partial charge is 0.418 e. The Morgan fingerprint density at radius 1 is 0.789 bits per heavy atom. The lowest BCUT2D eigenvalue weighted by molar-refractivity contribution is -0.276. The second-order valence-electron chi connectivity index (χ2n) is 2.92. The van der Waals surface area contributed by atoms with Gasteiger partial charge in [-0.1, -0.05) is 0 Å². The summed E-state index contributed by atoms with van der Waals surface area (Å²) in [7, 11) is 0. The molecule has 4 nitrogen and oxygen atoms in total. The molecule has 0 bridgehead atoms. The van der Waals surface area contributed by atoms with Gasteiger partial charge in [-0.2, -0.15) is 0 Å². The van der Waals surface area contributed by atoms with Gasteiger partial charge in [-0.25, -0.2) is 4.79 Å². The van der Waals surface area contributed by atoms with Crippen molar-refractivity contribution in [2.24, 2.45) is 0 Å². The van der Waals surface area contributed by atoms with E-state index >= 15 is 0 Å². The quantitative estimate of drug-likeness (QED) is 0.799. The third-order valence-corrected chi connectivity index (χ3v) is 1.48. The van der Waals surface area contributed by atoms with Crippen LogP contribution in [-0.2, 0) is 4.79 Å². The van der Waals surface area contributed by atoms with Crippen molar-refractivity contribution in [3.63, 3.8) is 0 Å². The van der Waals surface area contributed by atoms with Crippen LogP contribution in [0.15, 0.2) is 18.2 Å². The Labute approximate surface area is 101 Å². The lowest BCUT2D eigenvalue weighted by atomic mass is 10.3. The third kappa shape index (κ3) is 5.84. The average Bonchev–Trinajstić information content (AvgIpc) is 2.11. The molecule has 0 fully saturated rings. The van der Waals surface area contributed by atoms with E-state index < -0.39 is 30.0 Å². The average molecular weight is 289 g/mol. The van der Waals surface area contributed by atoms with Gasteiger partial charge in [0.25, 0.3) is 0 Å². The predicted octanol–water partition coefficient (Wildman–Crippen LogP) is 2.93. The van der Waals surface area contributed by atoms with E-state index in [9.17, 15) is 31.1 Å². The molecule has 0 aliphatic heterocycles. The molecule has 1 rings (SSSR count). The maximum absolute atomic E-state index is 11.9. The van der Waals surface area contributed by atoms with Crippen molar-refractivity contribution < 1.29 is 45.3 Å². The molecule has 0 saturated heterocycles. The standard InChI is InChI=1S/C9H3F6O4/c10-8(11,12)18-6-1-5(17-4-16)2-7(3-6)19-9(13,14)15/h1-3H. The number of carbonyl (C=O) groups excluding carboxylic acids is 1. The van der Waals surface area contributed by atoms with E-state index in [0.29, 0.717) is 18.2 Å². The summed E-state index contributed by atoms with van der Waals surface area (Å²) in [5.74, 6) is -2.74. The summed E-state index contributed by atoms with van der Waals surface area (Å²) in [5.41, 5.74) is 0. The Bertz CT molecular complexity index is 419. The molecule has 0 unspecified atom stereocenters. The summed E-state index contributed by atoms with van der Waals surface area (Å²) in [4.78, 5) is 9.89. The highest BCUT2D eigenvalue weighted by molar-refractivity contribution is 5.50. The zero-order valence-corrected chi connectivity index (χ0v) is 8.63. The lowest BCUT2D eigenvalue weighted by Crippen LogP contribution is -2.19. The van der Waals surface area contributed by atoms with Crippen LogP contribution >= 0.6 is 0 Å². The predicted molar refractivity (Wildman–Crippen MR) is 46.1 cm³/mol. The van der Waals surface area contributed by atoms with Gasteiger partial charge in [0.15, 0.2) is 0 Å². The first kappa shape index (κ1) is 14.9. The molecule has 0 aliphatic carbocycles. The number of hydrogen-bond acceptors (Lipinski definition) is 4. The summed E-state index contributed by atoms with van der Waals surface area (Å²) in [6.07, 6.45) is -10.3. The van der Waals surface area contributed by atoms with Crippen LogP contribution in [0, 0.1) is 0 Å². The molecule has 0 heterocycles. The fraction of sp³-hybridized carbons (Fsp3) is 0.222. The van der Waals surface area contributed by atoms with Crippen molar-refractivity contribution in [3.8, 4) is 17.2 Å². The molecule has 1 aromatic carbocycles. The van der Waals surface area contributed by atoms with Gasteiger partial charge >= 0.3 is 19.2 Å². The number of alkyl halides is 6. The van der Waals surface area contributed by atoms with E-state index in [-0.39, 0.29) is 0 Å². The topological polar surface area (TPSA) is 44.8 Å². The van der Waals surface area contributed by atoms with Gasteiger partial charge in [0, 0.05) is 18.2 Å². The minimum atomic E-state index is -5.13. The second-order valence-corrected chi connectivity index (χ2v) is 2.92. The molecule has 19 heavy (non-hydrogen) atoms. The zero-order valence-electron chi connectivity index (χ0n) is 8.63. The number of halogens is 6. The molecule has 0 amide bonds. The van der Waals surface area contributed by atoms with Gasteiger partial charge in [-0.3, -0.25) is 0 Å². The second kappa shape index (κ2) is 5.24. The van der Waals surface area contributed by atoms with E-state index in [2.05, 4.69) is 14.2 Å². The molecule has 105 valence electrons. The SMILES string of the molecule is O=[C]Oc1cc(OC(F)(F)F)cc(OC(F)(F)F)c1. The molecule has 0 atom stereocenters. The minimum Gasteiger partial charge on any atom is -0.418 e. The summed E-state index contributed by atoms with van der Waals surface area (Å²) >= 11 is 0. The first-order valence-corrected chi connectivity index (χ1v) is 4.29. The zero-order chi connectivity index (χ0) is 14.7. The Balaban J connectivity index is 3.06. The maximum Gasteiger partial charge on any atom is 0.573 e. The normalized spacial score (nSPS) is 11.9. The molecule has 1 aromatic rings. The van der Waals surface area contributed by atoms with E-state index in [0.717, 1.165) is 6.47 Å². The molecule has 0 aromatic heterocycles. The lowest BCUT2D eigenvalue weighted by Gasteiger charge is -2.13. The fourth-order valence-corrected chi connectivity index (χ4v) is 1.04. The van der Waals surface area contributed by atoms with Crippen molar-refractivity contribution in [1.82, 2.24) is 0 Å². The van der Waals surface area contributed by atoms with Crippen LogP contribution in [0.4, 0.5) is 26.3 Å². The largest absolute Gasteiger partial charge is 0.573 e. The molecule has 0 saturated carbocycles.